The van der Waals surface area contributed by atoms with Crippen LogP contribution in [0.25, 0.3) is 0 Å². The lowest BCUT2D eigenvalue weighted by molar-refractivity contribution is 0.206. The molecule has 0 spiro atoms. The summed E-state index contributed by atoms with van der Waals surface area (Å²) >= 11 is 0. The van der Waals surface area contributed by atoms with Crippen molar-refractivity contribution in [1.82, 2.24) is 24.0 Å². The molecular formula is C16H27N5O3S. The number of rotatable bonds is 11. The largest absolute Gasteiger partial charge is 0.346 e. The molecular weight excluding hydrogens is 342 g/mol. The molecule has 1 amide bonds. The Morgan fingerprint density at radius 2 is 1.84 bits per heavy atom. The highest BCUT2D eigenvalue weighted by Gasteiger charge is 2.28. The van der Waals surface area contributed by atoms with Crippen molar-refractivity contribution in [3.8, 4) is 0 Å². The highest BCUT2D eigenvalue weighted by atomic mass is 32.2. The quantitative estimate of drug-likeness (QED) is 0.558. The SMILES string of the molecule is C=CCN(CC=C)C(=O)n1cnc(S(=O)(=O)N(CCC)CCCC)n1. The van der Waals surface area contributed by atoms with E-state index in [1.54, 1.807) is 12.2 Å². The normalized spacial score (nSPS) is 11.5. The van der Waals surface area contributed by atoms with Crippen LogP contribution in [0.5, 0.6) is 0 Å². The Morgan fingerprint density at radius 1 is 1.20 bits per heavy atom. The van der Waals surface area contributed by atoms with Crippen molar-refractivity contribution in [3.05, 3.63) is 31.6 Å². The minimum Gasteiger partial charge on any atom is -0.315 e. The molecule has 0 aliphatic rings. The van der Waals surface area contributed by atoms with Gasteiger partial charge in [-0.15, -0.1) is 18.3 Å². The fourth-order valence-electron chi connectivity index (χ4n) is 2.20. The molecule has 0 aliphatic carbocycles. The van der Waals surface area contributed by atoms with E-state index in [9.17, 15) is 13.2 Å². The van der Waals surface area contributed by atoms with Crippen molar-refractivity contribution < 1.29 is 13.2 Å². The van der Waals surface area contributed by atoms with Gasteiger partial charge in [-0.1, -0.05) is 32.4 Å². The van der Waals surface area contributed by atoms with Crippen molar-refractivity contribution in [2.75, 3.05) is 26.2 Å². The molecule has 0 N–H and O–H groups in total. The fourth-order valence-corrected chi connectivity index (χ4v) is 3.59. The van der Waals surface area contributed by atoms with E-state index in [1.807, 2.05) is 13.8 Å². The van der Waals surface area contributed by atoms with E-state index in [4.69, 9.17) is 0 Å². The Labute approximate surface area is 149 Å². The van der Waals surface area contributed by atoms with Crippen molar-refractivity contribution in [2.45, 2.75) is 38.3 Å². The number of carbonyl (C=O) groups is 1. The predicted molar refractivity (Wildman–Crippen MR) is 96.7 cm³/mol. The Hall–Kier alpha value is -2.00. The van der Waals surface area contributed by atoms with E-state index < -0.39 is 16.1 Å². The van der Waals surface area contributed by atoms with Crippen molar-refractivity contribution >= 4 is 16.1 Å². The van der Waals surface area contributed by atoms with Crippen LogP contribution in [-0.2, 0) is 10.0 Å². The van der Waals surface area contributed by atoms with Crippen LogP contribution in [0.1, 0.15) is 33.1 Å². The average Bonchev–Trinajstić information content (AvgIpc) is 3.08. The maximum Gasteiger partial charge on any atom is 0.346 e. The summed E-state index contributed by atoms with van der Waals surface area (Å²) in [6, 6.07) is -0.482. The molecule has 1 aromatic heterocycles. The van der Waals surface area contributed by atoms with Gasteiger partial charge in [0.15, 0.2) is 0 Å². The van der Waals surface area contributed by atoms with Gasteiger partial charge in [-0.2, -0.15) is 8.99 Å². The first-order valence-corrected chi connectivity index (χ1v) is 9.79. The number of sulfonamides is 1. The molecule has 0 radical (unpaired) electrons. The van der Waals surface area contributed by atoms with E-state index in [2.05, 4.69) is 23.2 Å². The first kappa shape index (κ1) is 21.0. The minimum absolute atomic E-state index is 0.297. The first-order valence-electron chi connectivity index (χ1n) is 8.35. The second kappa shape index (κ2) is 10.1. The van der Waals surface area contributed by atoms with Gasteiger partial charge in [-0.25, -0.2) is 18.2 Å². The molecule has 0 unspecified atom stereocenters. The molecule has 9 heteroatoms. The van der Waals surface area contributed by atoms with Gasteiger partial charge in [0.05, 0.1) is 0 Å². The molecule has 1 heterocycles. The zero-order chi connectivity index (χ0) is 18.9. The molecule has 1 rings (SSSR count). The van der Waals surface area contributed by atoms with Gasteiger partial charge in [0, 0.05) is 26.2 Å². The maximum absolute atomic E-state index is 12.7. The van der Waals surface area contributed by atoms with E-state index >= 15 is 0 Å². The first-order chi connectivity index (χ1) is 11.9. The third-order valence-corrected chi connectivity index (χ3v) is 5.13. The number of unbranched alkanes of at least 4 members (excludes halogenated alkanes) is 1. The Bertz CT molecular complexity index is 674. The number of carbonyl (C=O) groups excluding carboxylic acids is 1. The molecule has 0 aromatic carbocycles. The van der Waals surface area contributed by atoms with Crippen LogP contribution in [0.15, 0.2) is 36.8 Å². The van der Waals surface area contributed by atoms with Gasteiger partial charge >= 0.3 is 6.03 Å². The summed E-state index contributed by atoms with van der Waals surface area (Å²) in [7, 11) is -3.82. The molecule has 0 saturated carbocycles. The zero-order valence-electron chi connectivity index (χ0n) is 15.0. The van der Waals surface area contributed by atoms with Crippen LogP contribution < -0.4 is 0 Å². The molecule has 0 saturated heterocycles. The highest BCUT2D eigenvalue weighted by molar-refractivity contribution is 7.88. The molecule has 0 atom stereocenters. The monoisotopic (exact) mass is 369 g/mol. The highest BCUT2D eigenvalue weighted by Crippen LogP contribution is 2.13. The average molecular weight is 369 g/mol. The van der Waals surface area contributed by atoms with Gasteiger partial charge in [-0.3, -0.25) is 0 Å². The molecule has 0 bridgehead atoms. The molecule has 1 aromatic rings. The lowest BCUT2D eigenvalue weighted by Gasteiger charge is -2.19. The topological polar surface area (TPSA) is 88.4 Å². The number of hydrogen-bond acceptors (Lipinski definition) is 5. The second-order valence-electron chi connectivity index (χ2n) is 5.49. The molecule has 0 fully saturated rings. The standard InChI is InChI=1S/C16H27N5O3S/c1-5-9-13-20(12-8-4)25(23,24)15-17-14-21(18-15)16(22)19(10-6-2)11-7-3/h6-7,14H,2-3,5,8-13H2,1,4H3. The van der Waals surface area contributed by atoms with Gasteiger partial charge in [0.2, 0.25) is 0 Å². The Balaban J connectivity index is 3.05. The fraction of sp³-hybridized carbons (Fsp3) is 0.562. The number of hydrogen-bond donors (Lipinski definition) is 0. The molecule has 8 nitrogen and oxygen atoms in total. The molecule has 0 aliphatic heterocycles. The summed E-state index contributed by atoms with van der Waals surface area (Å²) in [5.41, 5.74) is 0. The number of aromatic nitrogens is 3. The smallest absolute Gasteiger partial charge is 0.315 e. The van der Waals surface area contributed by atoms with Gasteiger partial charge in [0.25, 0.3) is 15.2 Å². The van der Waals surface area contributed by atoms with Crippen LogP contribution in [0.2, 0.25) is 0 Å². The summed E-state index contributed by atoms with van der Waals surface area (Å²) in [5.74, 6) is 0. The van der Waals surface area contributed by atoms with Crippen molar-refractivity contribution in [3.63, 3.8) is 0 Å². The summed E-state index contributed by atoms with van der Waals surface area (Å²) in [5, 5.41) is 3.54. The predicted octanol–water partition coefficient (Wildman–Crippen LogP) is 2.12. The number of nitrogens with zero attached hydrogens (tertiary/aromatic N) is 5. The van der Waals surface area contributed by atoms with Crippen molar-refractivity contribution in [1.29, 1.82) is 0 Å². The van der Waals surface area contributed by atoms with E-state index in [1.165, 1.54) is 9.21 Å². The van der Waals surface area contributed by atoms with Gasteiger partial charge in [-0.05, 0) is 12.8 Å². The summed E-state index contributed by atoms with van der Waals surface area (Å²) < 4.78 is 27.7. The third-order valence-electron chi connectivity index (χ3n) is 3.44. The lowest BCUT2D eigenvalue weighted by Crippen LogP contribution is -2.36. The van der Waals surface area contributed by atoms with E-state index in [0.29, 0.717) is 32.6 Å². The maximum atomic E-state index is 12.7. The van der Waals surface area contributed by atoms with Crippen molar-refractivity contribution in [2.24, 2.45) is 0 Å². The second-order valence-corrected chi connectivity index (χ2v) is 7.33. The van der Waals surface area contributed by atoms with E-state index in [-0.39, 0.29) is 5.16 Å². The van der Waals surface area contributed by atoms with Crippen LogP contribution in [0.4, 0.5) is 4.79 Å². The van der Waals surface area contributed by atoms with Gasteiger partial charge in [0.1, 0.15) is 6.33 Å². The van der Waals surface area contributed by atoms with Crippen LogP contribution in [-0.4, -0.2) is 64.6 Å². The Morgan fingerprint density at radius 3 is 2.36 bits per heavy atom. The molecule has 25 heavy (non-hydrogen) atoms. The summed E-state index contributed by atoms with van der Waals surface area (Å²) in [6.07, 6.45) is 6.60. The van der Waals surface area contributed by atoms with Crippen LogP contribution >= 0.6 is 0 Å². The van der Waals surface area contributed by atoms with E-state index in [0.717, 1.165) is 23.9 Å². The van der Waals surface area contributed by atoms with Crippen LogP contribution in [0, 0.1) is 0 Å². The van der Waals surface area contributed by atoms with Gasteiger partial charge < -0.3 is 4.90 Å². The Kier molecular flexibility index (Phi) is 8.50. The number of amides is 1. The lowest BCUT2D eigenvalue weighted by atomic mass is 10.3. The van der Waals surface area contributed by atoms with Crippen LogP contribution in [0.3, 0.4) is 0 Å². The minimum atomic E-state index is -3.82. The zero-order valence-corrected chi connectivity index (χ0v) is 15.8. The summed E-state index contributed by atoms with van der Waals surface area (Å²) in [4.78, 5) is 17.7. The molecule has 140 valence electrons. The third kappa shape index (κ3) is 5.50. The summed E-state index contributed by atoms with van der Waals surface area (Å²) in [6.45, 7) is 12.5.